The third-order valence-electron chi connectivity index (χ3n) is 3.85. The molecule has 1 N–H and O–H groups in total. The summed E-state index contributed by atoms with van der Waals surface area (Å²) in [7, 11) is 5.71. The van der Waals surface area contributed by atoms with Crippen LogP contribution < -0.4 is 15.0 Å². The third-order valence-corrected chi connectivity index (χ3v) is 3.85. The highest BCUT2D eigenvalue weighted by atomic mass is 16.5. The number of ether oxygens (including phenoxy) is 1. The van der Waals surface area contributed by atoms with Gasteiger partial charge in [-0.1, -0.05) is 24.3 Å². The zero-order chi connectivity index (χ0) is 16.2. The Bertz CT molecular complexity index is 797. The Morgan fingerprint density at radius 2 is 1.78 bits per heavy atom. The molecule has 0 radical (unpaired) electrons. The van der Waals surface area contributed by atoms with Gasteiger partial charge in [0.15, 0.2) is 0 Å². The Labute approximate surface area is 136 Å². The maximum Gasteiger partial charge on any atom is 0.135 e. The molecule has 0 amide bonds. The molecular weight excluding hydrogens is 286 g/mol. The molecule has 0 bridgehead atoms. The highest BCUT2D eigenvalue weighted by Crippen LogP contribution is 2.29. The normalized spacial score (nSPS) is 10.6. The minimum Gasteiger partial charge on any atom is -0.497 e. The molecule has 0 aliphatic carbocycles. The molecular formula is C19H21N3O. The second kappa shape index (κ2) is 6.57. The molecule has 118 valence electrons. The van der Waals surface area contributed by atoms with E-state index in [1.54, 1.807) is 7.11 Å². The van der Waals surface area contributed by atoms with Gasteiger partial charge in [0.2, 0.25) is 0 Å². The Morgan fingerprint density at radius 3 is 2.48 bits per heavy atom. The third kappa shape index (κ3) is 3.21. The molecule has 1 heterocycles. The van der Waals surface area contributed by atoms with Crippen molar-refractivity contribution >= 4 is 22.3 Å². The number of nitrogens with one attached hydrogen (secondary N) is 1. The Kier molecular flexibility index (Phi) is 4.33. The molecule has 0 saturated carbocycles. The summed E-state index contributed by atoms with van der Waals surface area (Å²) in [4.78, 5) is 6.51. The number of hydrogen-bond acceptors (Lipinski definition) is 4. The van der Waals surface area contributed by atoms with E-state index in [-0.39, 0.29) is 0 Å². The highest BCUT2D eigenvalue weighted by molar-refractivity contribution is 6.00. The van der Waals surface area contributed by atoms with E-state index in [1.807, 2.05) is 37.3 Å². The Morgan fingerprint density at radius 1 is 1.00 bits per heavy atom. The SMILES string of the molecule is COc1ccc(CNc2cccc3c(N(C)C)nccc23)cc1. The van der Waals surface area contributed by atoms with Crippen molar-refractivity contribution in [1.82, 2.24) is 4.98 Å². The van der Waals surface area contributed by atoms with Gasteiger partial charge in [0.25, 0.3) is 0 Å². The topological polar surface area (TPSA) is 37.4 Å². The molecule has 0 fully saturated rings. The standard InChI is InChI=1S/C19H21N3O/c1-22(2)19-17-5-4-6-18(16(17)11-12-20-19)21-13-14-7-9-15(23-3)10-8-14/h4-12,21H,13H2,1-3H3. The fraction of sp³-hybridized carbons (Fsp3) is 0.211. The van der Waals surface area contributed by atoms with Gasteiger partial charge in [-0.05, 0) is 29.8 Å². The predicted octanol–water partition coefficient (Wildman–Crippen LogP) is 3.92. The van der Waals surface area contributed by atoms with Crippen LogP contribution in [0.25, 0.3) is 10.8 Å². The lowest BCUT2D eigenvalue weighted by molar-refractivity contribution is 0.414. The number of methoxy groups -OCH3 is 1. The van der Waals surface area contributed by atoms with E-state index in [0.717, 1.165) is 29.2 Å². The molecule has 0 unspecified atom stereocenters. The van der Waals surface area contributed by atoms with Gasteiger partial charge in [-0.3, -0.25) is 0 Å². The van der Waals surface area contributed by atoms with E-state index in [9.17, 15) is 0 Å². The van der Waals surface area contributed by atoms with Crippen LogP contribution in [0.3, 0.4) is 0 Å². The van der Waals surface area contributed by atoms with Crippen LogP contribution in [0.4, 0.5) is 11.5 Å². The largest absolute Gasteiger partial charge is 0.497 e. The van der Waals surface area contributed by atoms with Gasteiger partial charge in [0.05, 0.1) is 7.11 Å². The summed E-state index contributed by atoms with van der Waals surface area (Å²) < 4.78 is 5.19. The molecule has 0 atom stereocenters. The van der Waals surface area contributed by atoms with Gasteiger partial charge in [0.1, 0.15) is 11.6 Å². The molecule has 4 nitrogen and oxygen atoms in total. The first-order valence-corrected chi connectivity index (χ1v) is 7.61. The van der Waals surface area contributed by atoms with E-state index < -0.39 is 0 Å². The van der Waals surface area contributed by atoms with Crippen LogP contribution in [0.15, 0.2) is 54.7 Å². The lowest BCUT2D eigenvalue weighted by Gasteiger charge is -2.16. The van der Waals surface area contributed by atoms with Gasteiger partial charge < -0.3 is 15.0 Å². The van der Waals surface area contributed by atoms with Crippen LogP contribution in [0, 0.1) is 0 Å². The van der Waals surface area contributed by atoms with Gasteiger partial charge in [-0.25, -0.2) is 4.98 Å². The van der Waals surface area contributed by atoms with Gasteiger partial charge in [-0.2, -0.15) is 0 Å². The zero-order valence-electron chi connectivity index (χ0n) is 13.7. The summed E-state index contributed by atoms with van der Waals surface area (Å²) in [6.45, 7) is 0.767. The number of benzene rings is 2. The van der Waals surface area contributed by atoms with Gasteiger partial charge in [0, 0.05) is 43.3 Å². The van der Waals surface area contributed by atoms with Crippen molar-refractivity contribution in [3.8, 4) is 5.75 Å². The second-order valence-electron chi connectivity index (χ2n) is 5.63. The maximum absolute atomic E-state index is 5.19. The predicted molar refractivity (Wildman–Crippen MR) is 96.4 cm³/mol. The van der Waals surface area contributed by atoms with Crippen molar-refractivity contribution in [2.75, 3.05) is 31.4 Å². The molecule has 0 aliphatic heterocycles. The van der Waals surface area contributed by atoms with E-state index in [2.05, 4.69) is 46.7 Å². The molecule has 23 heavy (non-hydrogen) atoms. The second-order valence-corrected chi connectivity index (χ2v) is 5.63. The first kappa shape index (κ1) is 15.2. The average Bonchev–Trinajstić information content (AvgIpc) is 2.59. The lowest BCUT2D eigenvalue weighted by Crippen LogP contribution is -2.11. The molecule has 3 rings (SSSR count). The molecule has 1 aromatic heterocycles. The summed E-state index contributed by atoms with van der Waals surface area (Å²) in [5, 5.41) is 5.85. The Balaban J connectivity index is 1.86. The van der Waals surface area contributed by atoms with Crippen molar-refractivity contribution < 1.29 is 4.74 Å². The first-order chi connectivity index (χ1) is 11.2. The van der Waals surface area contributed by atoms with Crippen LogP contribution in [-0.4, -0.2) is 26.2 Å². The summed E-state index contributed by atoms with van der Waals surface area (Å²) in [6.07, 6.45) is 1.86. The van der Waals surface area contributed by atoms with Crippen LogP contribution in [0.5, 0.6) is 5.75 Å². The van der Waals surface area contributed by atoms with Crippen molar-refractivity contribution in [2.24, 2.45) is 0 Å². The fourth-order valence-electron chi connectivity index (χ4n) is 2.64. The number of aromatic nitrogens is 1. The maximum atomic E-state index is 5.19. The van der Waals surface area contributed by atoms with Crippen LogP contribution in [0.1, 0.15) is 5.56 Å². The number of rotatable bonds is 5. The summed E-state index contributed by atoms with van der Waals surface area (Å²) in [6, 6.07) is 16.4. The van der Waals surface area contributed by atoms with Crippen molar-refractivity contribution in [3.63, 3.8) is 0 Å². The average molecular weight is 307 g/mol. The summed E-state index contributed by atoms with van der Waals surface area (Å²) >= 11 is 0. The number of pyridine rings is 1. The summed E-state index contributed by atoms with van der Waals surface area (Å²) in [5.41, 5.74) is 2.33. The first-order valence-electron chi connectivity index (χ1n) is 7.61. The van der Waals surface area contributed by atoms with E-state index >= 15 is 0 Å². The zero-order valence-corrected chi connectivity index (χ0v) is 13.7. The van der Waals surface area contributed by atoms with Crippen LogP contribution in [-0.2, 0) is 6.54 Å². The fourth-order valence-corrected chi connectivity index (χ4v) is 2.64. The van der Waals surface area contributed by atoms with Crippen LogP contribution in [0.2, 0.25) is 0 Å². The van der Waals surface area contributed by atoms with Gasteiger partial charge >= 0.3 is 0 Å². The lowest BCUT2D eigenvalue weighted by atomic mass is 10.1. The molecule has 3 aromatic rings. The van der Waals surface area contributed by atoms with Crippen LogP contribution >= 0.6 is 0 Å². The van der Waals surface area contributed by atoms with Crippen molar-refractivity contribution in [2.45, 2.75) is 6.54 Å². The summed E-state index contributed by atoms with van der Waals surface area (Å²) in [5.74, 6) is 1.86. The minimum absolute atomic E-state index is 0.767. The number of hydrogen-bond donors (Lipinski definition) is 1. The smallest absolute Gasteiger partial charge is 0.135 e. The Hall–Kier alpha value is -2.75. The number of fused-ring (bicyclic) bond motifs is 1. The number of anilines is 2. The molecule has 4 heteroatoms. The van der Waals surface area contributed by atoms with E-state index in [4.69, 9.17) is 4.74 Å². The quantitative estimate of drug-likeness (QED) is 0.775. The molecule has 0 saturated heterocycles. The monoisotopic (exact) mass is 307 g/mol. The van der Waals surface area contributed by atoms with E-state index in [1.165, 1.54) is 10.9 Å². The van der Waals surface area contributed by atoms with Crippen molar-refractivity contribution in [3.05, 3.63) is 60.3 Å². The van der Waals surface area contributed by atoms with E-state index in [0.29, 0.717) is 0 Å². The van der Waals surface area contributed by atoms with Crippen molar-refractivity contribution in [1.29, 1.82) is 0 Å². The molecule has 0 aliphatic rings. The minimum atomic E-state index is 0.767. The van der Waals surface area contributed by atoms with Gasteiger partial charge in [-0.15, -0.1) is 0 Å². The molecule has 2 aromatic carbocycles. The molecule has 0 spiro atoms. The highest BCUT2D eigenvalue weighted by Gasteiger charge is 2.07. The number of nitrogens with zero attached hydrogens (tertiary/aromatic N) is 2.